The SMILES string of the molecule is C/C(Cl)=C/Cn1c(SCC[NH+]2CCOCC2)nc2c1c(=O)[nH]c(=O)n2C. The number of aromatic nitrogens is 4. The maximum atomic E-state index is 12.3. The van der Waals surface area contributed by atoms with Gasteiger partial charge in [-0.25, -0.2) is 9.78 Å². The quantitative estimate of drug-likeness (QED) is 0.643. The molecule has 2 N–H and O–H groups in total. The highest BCUT2D eigenvalue weighted by molar-refractivity contribution is 7.99. The number of morpholine rings is 1. The van der Waals surface area contributed by atoms with Crippen LogP contribution in [0.3, 0.4) is 0 Å². The summed E-state index contributed by atoms with van der Waals surface area (Å²) in [5.41, 5.74) is -0.115. The summed E-state index contributed by atoms with van der Waals surface area (Å²) in [6.45, 7) is 6.84. The van der Waals surface area contributed by atoms with Crippen molar-refractivity contribution in [1.29, 1.82) is 0 Å². The number of ether oxygens (including phenoxy) is 1. The van der Waals surface area contributed by atoms with E-state index in [4.69, 9.17) is 16.3 Å². The van der Waals surface area contributed by atoms with Gasteiger partial charge in [-0.05, 0) is 6.92 Å². The summed E-state index contributed by atoms with van der Waals surface area (Å²) in [6.07, 6.45) is 1.82. The lowest BCUT2D eigenvalue weighted by Crippen LogP contribution is -3.14. The van der Waals surface area contributed by atoms with Crippen molar-refractivity contribution in [2.75, 3.05) is 38.6 Å². The number of nitrogens with zero attached hydrogens (tertiary/aromatic N) is 3. The Kier molecular flexibility index (Phi) is 6.23. The number of H-pyrrole nitrogens is 1. The van der Waals surface area contributed by atoms with Crippen molar-refractivity contribution in [3.8, 4) is 0 Å². The van der Waals surface area contributed by atoms with Crippen molar-refractivity contribution < 1.29 is 9.64 Å². The Morgan fingerprint density at radius 1 is 1.42 bits per heavy atom. The van der Waals surface area contributed by atoms with Crippen LogP contribution in [-0.2, 0) is 18.3 Å². The number of thioether (sulfide) groups is 1. The molecule has 0 spiro atoms. The fourth-order valence-electron chi connectivity index (χ4n) is 2.91. The molecule has 1 saturated heterocycles. The molecule has 2 aromatic rings. The highest BCUT2D eigenvalue weighted by Gasteiger charge is 2.18. The topological polar surface area (TPSA) is 86.3 Å². The zero-order chi connectivity index (χ0) is 18.7. The monoisotopic (exact) mass is 400 g/mol. The normalized spacial score (nSPS) is 16.5. The average molecular weight is 401 g/mol. The van der Waals surface area contributed by atoms with E-state index >= 15 is 0 Å². The molecule has 1 aliphatic rings. The third kappa shape index (κ3) is 4.22. The first-order chi connectivity index (χ1) is 12.5. The van der Waals surface area contributed by atoms with Crippen LogP contribution < -0.4 is 16.1 Å². The Hall–Kier alpha value is -1.55. The van der Waals surface area contributed by atoms with Crippen LogP contribution >= 0.6 is 23.4 Å². The van der Waals surface area contributed by atoms with Crippen molar-refractivity contribution in [3.63, 3.8) is 0 Å². The lowest BCUT2D eigenvalue weighted by atomic mass is 10.4. The van der Waals surface area contributed by atoms with Gasteiger partial charge in [-0.15, -0.1) is 0 Å². The van der Waals surface area contributed by atoms with Gasteiger partial charge in [0.25, 0.3) is 5.56 Å². The molecule has 3 heterocycles. The molecule has 0 radical (unpaired) electrons. The van der Waals surface area contributed by atoms with E-state index in [0.29, 0.717) is 27.9 Å². The molecule has 0 saturated carbocycles. The van der Waals surface area contributed by atoms with E-state index in [1.54, 1.807) is 25.7 Å². The molecule has 0 unspecified atom stereocenters. The number of rotatable bonds is 6. The van der Waals surface area contributed by atoms with Gasteiger partial charge in [0.05, 0.1) is 25.5 Å². The third-order valence-electron chi connectivity index (χ3n) is 4.41. The Bertz CT molecular complexity index is 922. The van der Waals surface area contributed by atoms with Crippen LogP contribution in [0.15, 0.2) is 25.9 Å². The molecule has 3 rings (SSSR count). The number of hydrogen-bond donors (Lipinski definition) is 2. The molecule has 0 amide bonds. The maximum Gasteiger partial charge on any atom is 0.329 e. The molecular weight excluding hydrogens is 378 g/mol. The summed E-state index contributed by atoms with van der Waals surface area (Å²) in [5.74, 6) is 0.869. The number of aromatic amines is 1. The van der Waals surface area contributed by atoms with Gasteiger partial charge in [0.1, 0.15) is 13.1 Å². The number of fused-ring (bicyclic) bond motifs is 1. The van der Waals surface area contributed by atoms with Crippen LogP contribution in [0.4, 0.5) is 0 Å². The summed E-state index contributed by atoms with van der Waals surface area (Å²) >= 11 is 7.56. The van der Waals surface area contributed by atoms with E-state index in [0.717, 1.165) is 38.6 Å². The second-order valence-electron chi connectivity index (χ2n) is 6.25. The first kappa shape index (κ1) is 19.2. The number of quaternary nitrogens is 1. The Morgan fingerprint density at radius 2 is 2.15 bits per heavy atom. The van der Waals surface area contributed by atoms with Crippen LogP contribution in [0.25, 0.3) is 11.2 Å². The Morgan fingerprint density at radius 3 is 2.85 bits per heavy atom. The molecule has 10 heteroatoms. The van der Waals surface area contributed by atoms with Gasteiger partial charge >= 0.3 is 5.69 Å². The van der Waals surface area contributed by atoms with Crippen LogP contribution in [-0.4, -0.2) is 57.7 Å². The van der Waals surface area contributed by atoms with Crippen LogP contribution in [0, 0.1) is 0 Å². The second-order valence-corrected chi connectivity index (χ2v) is 7.91. The third-order valence-corrected chi connectivity index (χ3v) is 5.55. The van der Waals surface area contributed by atoms with Gasteiger partial charge in [-0.1, -0.05) is 29.4 Å². The molecule has 0 atom stereocenters. The number of hydrogen-bond acceptors (Lipinski definition) is 5. The van der Waals surface area contributed by atoms with Crippen molar-refractivity contribution in [2.45, 2.75) is 18.6 Å². The number of allylic oxidation sites excluding steroid dienone is 2. The summed E-state index contributed by atoms with van der Waals surface area (Å²) in [6, 6.07) is 0. The first-order valence-corrected chi connectivity index (χ1v) is 9.89. The molecule has 26 heavy (non-hydrogen) atoms. The summed E-state index contributed by atoms with van der Waals surface area (Å²) in [7, 11) is 1.60. The fraction of sp³-hybridized carbons (Fsp3) is 0.562. The Balaban J connectivity index is 1.89. The van der Waals surface area contributed by atoms with E-state index in [1.165, 1.54) is 9.47 Å². The van der Waals surface area contributed by atoms with Crippen LogP contribution in [0.2, 0.25) is 0 Å². The van der Waals surface area contributed by atoms with E-state index < -0.39 is 11.2 Å². The largest absolute Gasteiger partial charge is 0.370 e. The van der Waals surface area contributed by atoms with E-state index in [-0.39, 0.29) is 0 Å². The minimum absolute atomic E-state index is 0.389. The standard InChI is InChI=1S/C16H22ClN5O3S/c1-11(17)3-4-22-12-13(20(2)15(24)19-14(12)23)18-16(22)26-10-7-21-5-8-25-9-6-21/h3H,4-10H2,1-2H3,(H,19,23,24)/p+1/b11-3-. The lowest BCUT2D eigenvalue weighted by Gasteiger charge is -2.23. The van der Waals surface area contributed by atoms with Crippen molar-refractivity contribution in [3.05, 3.63) is 31.9 Å². The van der Waals surface area contributed by atoms with Gasteiger partial charge in [0.2, 0.25) is 0 Å². The smallest absolute Gasteiger partial charge is 0.329 e. The molecule has 1 fully saturated rings. The minimum atomic E-state index is -0.467. The summed E-state index contributed by atoms with van der Waals surface area (Å²) < 4.78 is 8.56. The van der Waals surface area contributed by atoms with Gasteiger partial charge in [-0.3, -0.25) is 14.3 Å². The van der Waals surface area contributed by atoms with Crippen LogP contribution in [0.1, 0.15) is 6.92 Å². The van der Waals surface area contributed by atoms with E-state index in [9.17, 15) is 9.59 Å². The van der Waals surface area contributed by atoms with E-state index in [2.05, 4.69) is 9.97 Å². The molecule has 1 aliphatic heterocycles. The molecule has 2 aromatic heterocycles. The van der Waals surface area contributed by atoms with Gasteiger partial charge in [-0.2, -0.15) is 0 Å². The zero-order valence-electron chi connectivity index (χ0n) is 14.9. The first-order valence-electron chi connectivity index (χ1n) is 8.53. The number of imidazole rings is 1. The fourth-order valence-corrected chi connectivity index (χ4v) is 4.02. The predicted octanol–water partition coefficient (Wildman–Crippen LogP) is -0.427. The van der Waals surface area contributed by atoms with Crippen LogP contribution in [0.5, 0.6) is 0 Å². The van der Waals surface area contributed by atoms with E-state index in [1.807, 2.05) is 10.6 Å². The van der Waals surface area contributed by atoms with Gasteiger partial charge in [0, 0.05) is 18.6 Å². The molecule has 0 bridgehead atoms. The molecule has 8 nitrogen and oxygen atoms in total. The predicted molar refractivity (Wildman–Crippen MR) is 102 cm³/mol. The highest BCUT2D eigenvalue weighted by Crippen LogP contribution is 2.21. The maximum absolute atomic E-state index is 12.3. The molecular formula is C16H23ClN5O3S+. The summed E-state index contributed by atoms with van der Waals surface area (Å²) in [5, 5.41) is 1.36. The van der Waals surface area contributed by atoms with Crippen molar-refractivity contribution in [1.82, 2.24) is 19.1 Å². The summed E-state index contributed by atoms with van der Waals surface area (Å²) in [4.78, 5) is 32.6. The number of halogens is 1. The lowest BCUT2D eigenvalue weighted by molar-refractivity contribution is -0.905. The molecule has 0 aromatic carbocycles. The van der Waals surface area contributed by atoms with Gasteiger partial charge < -0.3 is 14.2 Å². The highest BCUT2D eigenvalue weighted by atomic mass is 35.5. The second kappa shape index (κ2) is 8.43. The van der Waals surface area contributed by atoms with Gasteiger partial charge in [0.15, 0.2) is 16.3 Å². The Labute approximate surface area is 159 Å². The molecule has 0 aliphatic carbocycles. The van der Waals surface area contributed by atoms with Crippen molar-refractivity contribution in [2.24, 2.45) is 7.05 Å². The zero-order valence-corrected chi connectivity index (χ0v) is 16.5. The number of nitrogens with one attached hydrogen (secondary N) is 2. The molecule has 142 valence electrons. The number of aryl methyl sites for hydroxylation is 1. The average Bonchev–Trinajstić information content (AvgIpc) is 2.98. The van der Waals surface area contributed by atoms with Crippen molar-refractivity contribution >= 4 is 34.5 Å². The minimum Gasteiger partial charge on any atom is -0.370 e.